The van der Waals surface area contributed by atoms with Gasteiger partial charge in [-0.3, -0.25) is 4.79 Å². The Hall–Kier alpha value is -2.49. The zero-order valence-corrected chi connectivity index (χ0v) is 14.1. The van der Waals surface area contributed by atoms with Crippen LogP contribution in [0.4, 0.5) is 11.4 Å². The van der Waals surface area contributed by atoms with E-state index in [-0.39, 0.29) is 5.91 Å². The Morgan fingerprint density at radius 3 is 2.30 bits per heavy atom. The standard InChI is InChI=1S/C19H24N2O2/c1-12(2)15-5-8-17(9-6-15)23-14(4)19(22)21-18-10-7-16(20)11-13(18)3/h5-12,14H,20H2,1-4H3,(H,21,22). The summed E-state index contributed by atoms with van der Waals surface area (Å²) in [6.45, 7) is 7.92. The molecule has 2 aromatic rings. The lowest BCUT2D eigenvalue weighted by Gasteiger charge is -2.16. The Bertz CT molecular complexity index is 678. The van der Waals surface area contributed by atoms with Gasteiger partial charge >= 0.3 is 0 Å². The molecule has 0 fully saturated rings. The minimum Gasteiger partial charge on any atom is -0.481 e. The fraction of sp³-hybridized carbons (Fsp3) is 0.316. The topological polar surface area (TPSA) is 64.3 Å². The first-order valence-corrected chi connectivity index (χ1v) is 7.80. The number of carbonyl (C=O) groups excluding carboxylic acids is 1. The van der Waals surface area contributed by atoms with E-state index >= 15 is 0 Å². The van der Waals surface area contributed by atoms with Crippen LogP contribution in [0.3, 0.4) is 0 Å². The molecule has 0 aliphatic heterocycles. The number of benzene rings is 2. The molecule has 2 aromatic carbocycles. The Balaban J connectivity index is 1.99. The van der Waals surface area contributed by atoms with Crippen LogP contribution < -0.4 is 15.8 Å². The molecule has 3 N–H and O–H groups in total. The smallest absolute Gasteiger partial charge is 0.265 e. The number of hydrogen-bond acceptors (Lipinski definition) is 3. The number of rotatable bonds is 5. The second kappa shape index (κ2) is 7.18. The Morgan fingerprint density at radius 2 is 1.74 bits per heavy atom. The Kier molecular flexibility index (Phi) is 5.27. The largest absolute Gasteiger partial charge is 0.481 e. The summed E-state index contributed by atoms with van der Waals surface area (Å²) in [7, 11) is 0. The van der Waals surface area contributed by atoms with E-state index in [1.165, 1.54) is 5.56 Å². The van der Waals surface area contributed by atoms with E-state index < -0.39 is 6.10 Å². The molecule has 1 atom stereocenters. The van der Waals surface area contributed by atoms with Crippen molar-refractivity contribution in [2.24, 2.45) is 0 Å². The number of nitrogens with one attached hydrogen (secondary N) is 1. The maximum absolute atomic E-state index is 12.3. The maximum atomic E-state index is 12.3. The van der Waals surface area contributed by atoms with Crippen molar-refractivity contribution in [3.05, 3.63) is 53.6 Å². The first kappa shape index (κ1) is 16.9. The molecule has 4 heteroatoms. The summed E-state index contributed by atoms with van der Waals surface area (Å²) in [6, 6.07) is 13.2. The summed E-state index contributed by atoms with van der Waals surface area (Å²) in [5, 5.41) is 2.87. The highest BCUT2D eigenvalue weighted by molar-refractivity contribution is 5.94. The van der Waals surface area contributed by atoms with E-state index in [2.05, 4.69) is 19.2 Å². The molecule has 0 bridgehead atoms. The number of aryl methyl sites for hydroxylation is 1. The number of amides is 1. The first-order chi connectivity index (χ1) is 10.9. The number of nitrogen functional groups attached to an aromatic ring is 1. The van der Waals surface area contributed by atoms with Gasteiger partial charge < -0.3 is 15.8 Å². The number of ether oxygens (including phenoxy) is 1. The van der Waals surface area contributed by atoms with Gasteiger partial charge in [0.05, 0.1) is 0 Å². The van der Waals surface area contributed by atoms with Crippen molar-refractivity contribution in [1.82, 2.24) is 0 Å². The van der Waals surface area contributed by atoms with Crippen LogP contribution in [0.2, 0.25) is 0 Å². The average molecular weight is 312 g/mol. The molecule has 4 nitrogen and oxygen atoms in total. The fourth-order valence-corrected chi connectivity index (χ4v) is 2.25. The highest BCUT2D eigenvalue weighted by Crippen LogP contribution is 2.21. The third kappa shape index (κ3) is 4.49. The summed E-state index contributed by atoms with van der Waals surface area (Å²) < 4.78 is 5.71. The van der Waals surface area contributed by atoms with E-state index in [0.717, 1.165) is 11.3 Å². The maximum Gasteiger partial charge on any atom is 0.265 e. The van der Waals surface area contributed by atoms with Gasteiger partial charge in [-0.05, 0) is 61.2 Å². The summed E-state index contributed by atoms with van der Waals surface area (Å²) >= 11 is 0. The van der Waals surface area contributed by atoms with Gasteiger partial charge in [-0.25, -0.2) is 0 Å². The van der Waals surface area contributed by atoms with Crippen molar-refractivity contribution < 1.29 is 9.53 Å². The van der Waals surface area contributed by atoms with Crippen LogP contribution in [0.25, 0.3) is 0 Å². The van der Waals surface area contributed by atoms with Crippen LogP contribution in [-0.2, 0) is 4.79 Å². The third-order valence-corrected chi connectivity index (χ3v) is 3.74. The summed E-state index contributed by atoms with van der Waals surface area (Å²) in [5.74, 6) is 0.968. The fourth-order valence-electron chi connectivity index (χ4n) is 2.25. The Morgan fingerprint density at radius 1 is 1.09 bits per heavy atom. The number of anilines is 2. The zero-order chi connectivity index (χ0) is 17.0. The van der Waals surface area contributed by atoms with Crippen molar-refractivity contribution in [3.63, 3.8) is 0 Å². The van der Waals surface area contributed by atoms with Crippen molar-refractivity contribution in [2.45, 2.75) is 39.7 Å². The van der Waals surface area contributed by atoms with Crippen LogP contribution in [-0.4, -0.2) is 12.0 Å². The minimum atomic E-state index is -0.586. The lowest BCUT2D eigenvalue weighted by molar-refractivity contribution is -0.122. The SMILES string of the molecule is Cc1cc(N)ccc1NC(=O)C(C)Oc1ccc(C(C)C)cc1. The van der Waals surface area contributed by atoms with Crippen LogP contribution in [0, 0.1) is 6.92 Å². The molecule has 0 radical (unpaired) electrons. The molecule has 0 aliphatic carbocycles. The van der Waals surface area contributed by atoms with Gasteiger partial charge in [-0.15, -0.1) is 0 Å². The molecule has 0 heterocycles. The zero-order valence-electron chi connectivity index (χ0n) is 14.1. The summed E-state index contributed by atoms with van der Waals surface area (Å²) in [5.41, 5.74) is 9.30. The lowest BCUT2D eigenvalue weighted by atomic mass is 10.0. The molecule has 1 amide bonds. The van der Waals surface area contributed by atoms with Crippen LogP contribution in [0.1, 0.15) is 37.8 Å². The molecule has 0 spiro atoms. The highest BCUT2D eigenvalue weighted by atomic mass is 16.5. The van der Waals surface area contributed by atoms with Gasteiger partial charge in [0.1, 0.15) is 5.75 Å². The summed E-state index contributed by atoms with van der Waals surface area (Å²) in [4.78, 5) is 12.3. The highest BCUT2D eigenvalue weighted by Gasteiger charge is 2.16. The third-order valence-electron chi connectivity index (χ3n) is 3.74. The number of hydrogen-bond donors (Lipinski definition) is 2. The molecule has 0 saturated heterocycles. The molecule has 1 unspecified atom stereocenters. The second-order valence-corrected chi connectivity index (χ2v) is 6.05. The predicted molar refractivity (Wildman–Crippen MR) is 94.8 cm³/mol. The molecule has 122 valence electrons. The Labute approximate surface area is 137 Å². The molecule has 0 aromatic heterocycles. The van der Waals surface area contributed by atoms with Gasteiger partial charge in [0.15, 0.2) is 6.10 Å². The van der Waals surface area contributed by atoms with Gasteiger partial charge in [0.25, 0.3) is 5.91 Å². The molecular weight excluding hydrogens is 288 g/mol. The van der Waals surface area contributed by atoms with Gasteiger partial charge in [-0.1, -0.05) is 26.0 Å². The minimum absolute atomic E-state index is 0.189. The van der Waals surface area contributed by atoms with E-state index in [1.54, 1.807) is 19.1 Å². The van der Waals surface area contributed by atoms with E-state index in [4.69, 9.17) is 10.5 Å². The van der Waals surface area contributed by atoms with Crippen LogP contribution in [0.15, 0.2) is 42.5 Å². The van der Waals surface area contributed by atoms with Crippen molar-refractivity contribution >= 4 is 17.3 Å². The van der Waals surface area contributed by atoms with Crippen molar-refractivity contribution in [2.75, 3.05) is 11.1 Å². The van der Waals surface area contributed by atoms with E-state index in [9.17, 15) is 4.79 Å². The van der Waals surface area contributed by atoms with Gasteiger partial charge in [-0.2, -0.15) is 0 Å². The molecule has 23 heavy (non-hydrogen) atoms. The molecule has 0 saturated carbocycles. The lowest BCUT2D eigenvalue weighted by Crippen LogP contribution is -2.30. The average Bonchev–Trinajstić information content (AvgIpc) is 2.50. The molecule has 0 aliphatic rings. The van der Waals surface area contributed by atoms with Crippen LogP contribution in [0.5, 0.6) is 5.75 Å². The number of nitrogens with two attached hydrogens (primary N) is 1. The quantitative estimate of drug-likeness (QED) is 0.817. The molecular formula is C19H24N2O2. The second-order valence-electron chi connectivity index (χ2n) is 6.05. The normalized spacial score (nSPS) is 12.0. The number of carbonyl (C=O) groups is 1. The molecule has 2 rings (SSSR count). The van der Waals surface area contributed by atoms with Gasteiger partial charge in [0.2, 0.25) is 0 Å². The van der Waals surface area contributed by atoms with Crippen molar-refractivity contribution in [1.29, 1.82) is 0 Å². The predicted octanol–water partition coefficient (Wildman–Crippen LogP) is 4.11. The van der Waals surface area contributed by atoms with E-state index in [0.29, 0.717) is 17.4 Å². The van der Waals surface area contributed by atoms with Crippen molar-refractivity contribution in [3.8, 4) is 5.75 Å². The summed E-state index contributed by atoms with van der Waals surface area (Å²) in [6.07, 6.45) is -0.586. The monoisotopic (exact) mass is 312 g/mol. The van der Waals surface area contributed by atoms with Crippen LogP contribution >= 0.6 is 0 Å². The van der Waals surface area contributed by atoms with Gasteiger partial charge in [0, 0.05) is 11.4 Å². The van der Waals surface area contributed by atoms with E-state index in [1.807, 2.05) is 37.3 Å². The first-order valence-electron chi connectivity index (χ1n) is 7.80.